The van der Waals surface area contributed by atoms with Gasteiger partial charge in [0.1, 0.15) is 0 Å². The molecule has 0 unspecified atom stereocenters. The number of anilines is 1. The minimum absolute atomic E-state index is 0.291. The molecule has 0 fully saturated rings. The zero-order valence-electron chi connectivity index (χ0n) is 12.0. The molecule has 1 aromatic carbocycles. The Morgan fingerprint density at radius 3 is 2.33 bits per heavy atom. The second-order valence-corrected chi connectivity index (χ2v) is 14.2. The molecule has 0 saturated heterocycles. The molecule has 0 aliphatic carbocycles. The fourth-order valence-electron chi connectivity index (χ4n) is 1.69. The first-order valence-electron chi connectivity index (χ1n) is 6.40. The molecule has 0 bridgehead atoms. The molecule has 1 heterocycles. The molecule has 1 aromatic heterocycles. The second-order valence-electron chi connectivity index (χ2n) is 5.59. The fraction of sp³-hybridized carbons (Fsp3) is 0.267. The number of para-hydroxylation sites is 1. The van der Waals surface area contributed by atoms with Crippen LogP contribution in [0, 0.1) is 11.6 Å². The molecule has 6 heteroatoms. The van der Waals surface area contributed by atoms with Crippen LogP contribution in [0.4, 0.5) is 14.5 Å². The Hall–Kier alpha value is -0.951. The molecule has 2 rings (SSSR count). The van der Waals surface area contributed by atoms with Gasteiger partial charge in [-0.05, 0) is 0 Å². The second kappa shape index (κ2) is 6.44. The topological polar surface area (TPSA) is 29.1 Å². The van der Waals surface area contributed by atoms with Gasteiger partial charge in [-0.25, -0.2) is 0 Å². The molecule has 1 N–H and O–H groups in total. The SMILES string of the molecule is C[C](C)(C)[Sn][c]1ccc(C(=O)Nc2c(F)cccc2F)s1. The van der Waals surface area contributed by atoms with E-state index in [1.165, 1.54) is 20.3 Å². The first kappa shape index (κ1) is 16.4. The zero-order valence-corrected chi connectivity index (χ0v) is 15.6. The molecule has 2 aromatic rings. The maximum absolute atomic E-state index is 13.5. The Morgan fingerprint density at radius 1 is 1.14 bits per heavy atom. The van der Waals surface area contributed by atoms with Gasteiger partial charge in [-0.15, -0.1) is 0 Å². The van der Waals surface area contributed by atoms with Gasteiger partial charge in [-0.1, -0.05) is 0 Å². The quantitative estimate of drug-likeness (QED) is 0.761. The molecular formula is C15H15F2NOSSn. The van der Waals surface area contributed by atoms with E-state index in [2.05, 4.69) is 26.1 Å². The predicted octanol–water partition coefficient (Wildman–Crippen LogP) is 3.83. The van der Waals surface area contributed by atoms with Crippen molar-refractivity contribution in [1.82, 2.24) is 0 Å². The van der Waals surface area contributed by atoms with Crippen molar-refractivity contribution in [2.75, 3.05) is 5.32 Å². The van der Waals surface area contributed by atoms with Crippen molar-refractivity contribution in [3.63, 3.8) is 0 Å². The van der Waals surface area contributed by atoms with Crippen molar-refractivity contribution in [3.8, 4) is 0 Å². The Balaban J connectivity index is 2.14. The number of nitrogens with one attached hydrogen (secondary N) is 1. The molecule has 0 atom stereocenters. The van der Waals surface area contributed by atoms with Crippen molar-refractivity contribution in [2.45, 2.75) is 24.2 Å². The van der Waals surface area contributed by atoms with Crippen molar-refractivity contribution in [2.24, 2.45) is 0 Å². The first-order valence-corrected chi connectivity index (χ1v) is 10.1. The summed E-state index contributed by atoms with van der Waals surface area (Å²) in [7, 11) is 0. The van der Waals surface area contributed by atoms with Crippen LogP contribution in [-0.2, 0) is 0 Å². The summed E-state index contributed by atoms with van der Waals surface area (Å²) in [5, 5.41) is 2.31. The van der Waals surface area contributed by atoms with E-state index in [-0.39, 0.29) is 0 Å². The van der Waals surface area contributed by atoms with E-state index in [1.54, 1.807) is 6.07 Å². The number of carbonyl (C=O) groups excluding carboxylic acids is 1. The van der Waals surface area contributed by atoms with Crippen molar-refractivity contribution in [1.29, 1.82) is 0 Å². The van der Waals surface area contributed by atoms with Crippen LogP contribution in [0.3, 0.4) is 0 Å². The standard InChI is InChI=1S/C11H6F2NOS.C4H9.Sn/c12-7-3-1-4-8(13)10(7)14-11(15)9-5-2-6-16-9;1-4(2)3;/h1-5H,(H,14,15);1-3H3;. The molecule has 0 saturated carbocycles. The van der Waals surface area contributed by atoms with Crippen LogP contribution in [0.2, 0.25) is 3.43 Å². The average Bonchev–Trinajstić information content (AvgIpc) is 2.80. The van der Waals surface area contributed by atoms with Crippen LogP contribution >= 0.6 is 11.3 Å². The average molecular weight is 414 g/mol. The van der Waals surface area contributed by atoms with Crippen LogP contribution < -0.4 is 8.21 Å². The van der Waals surface area contributed by atoms with Crippen molar-refractivity contribution >= 4 is 47.0 Å². The third-order valence-electron chi connectivity index (χ3n) is 2.53. The summed E-state index contributed by atoms with van der Waals surface area (Å²) < 4.78 is 28.6. The molecular weight excluding hydrogens is 399 g/mol. The number of thiophene rings is 1. The number of hydrogen-bond donors (Lipinski definition) is 1. The van der Waals surface area contributed by atoms with Gasteiger partial charge in [0.15, 0.2) is 0 Å². The number of halogens is 2. The summed E-state index contributed by atoms with van der Waals surface area (Å²) in [5.74, 6) is -2.01. The summed E-state index contributed by atoms with van der Waals surface area (Å²) in [6.45, 7) is 6.56. The van der Waals surface area contributed by atoms with Gasteiger partial charge in [0.2, 0.25) is 0 Å². The third kappa shape index (κ3) is 4.51. The fourth-order valence-corrected chi connectivity index (χ4v) is 8.41. The Morgan fingerprint density at radius 2 is 1.76 bits per heavy atom. The van der Waals surface area contributed by atoms with Crippen LogP contribution in [0.1, 0.15) is 30.4 Å². The zero-order chi connectivity index (χ0) is 15.6. The molecule has 2 radical (unpaired) electrons. The van der Waals surface area contributed by atoms with E-state index < -0.39 is 44.4 Å². The Bertz CT molecular complexity index is 644. The number of benzene rings is 1. The molecule has 2 nitrogen and oxygen atoms in total. The van der Waals surface area contributed by atoms with Gasteiger partial charge >= 0.3 is 137 Å². The van der Waals surface area contributed by atoms with E-state index in [0.29, 0.717) is 8.31 Å². The van der Waals surface area contributed by atoms with Gasteiger partial charge in [0, 0.05) is 0 Å². The summed E-state index contributed by atoms with van der Waals surface area (Å²) in [4.78, 5) is 12.6. The third-order valence-corrected chi connectivity index (χ3v) is 8.30. The van der Waals surface area contributed by atoms with E-state index in [9.17, 15) is 13.6 Å². The van der Waals surface area contributed by atoms with E-state index in [4.69, 9.17) is 0 Å². The molecule has 1 amide bonds. The minimum atomic E-state index is -0.777. The number of hydrogen-bond acceptors (Lipinski definition) is 2. The van der Waals surface area contributed by atoms with Gasteiger partial charge in [-0.2, -0.15) is 0 Å². The molecule has 21 heavy (non-hydrogen) atoms. The normalized spacial score (nSPS) is 11.5. The summed E-state index contributed by atoms with van der Waals surface area (Å²) >= 11 is 0.640. The molecule has 0 aliphatic heterocycles. The Labute approximate surface area is 136 Å². The van der Waals surface area contributed by atoms with Crippen molar-refractivity contribution < 1.29 is 13.6 Å². The van der Waals surface area contributed by atoms with Gasteiger partial charge in [0.05, 0.1) is 0 Å². The van der Waals surface area contributed by atoms with Gasteiger partial charge in [-0.3, -0.25) is 0 Å². The first-order chi connectivity index (χ1) is 9.76. The maximum atomic E-state index is 13.5. The van der Waals surface area contributed by atoms with E-state index in [1.807, 2.05) is 6.07 Å². The van der Waals surface area contributed by atoms with Crippen LogP contribution in [0.5, 0.6) is 0 Å². The number of rotatable bonds is 3. The van der Waals surface area contributed by atoms with Crippen molar-refractivity contribution in [3.05, 3.63) is 46.8 Å². The molecule has 0 aliphatic rings. The molecule has 110 valence electrons. The molecule has 0 spiro atoms. The summed E-state index contributed by atoms with van der Waals surface area (Å²) in [6, 6.07) is 7.17. The van der Waals surface area contributed by atoms with E-state index in [0.717, 1.165) is 12.1 Å². The van der Waals surface area contributed by atoms with Crippen LogP contribution in [0.15, 0.2) is 30.3 Å². The van der Waals surface area contributed by atoms with Crippen LogP contribution in [0.25, 0.3) is 0 Å². The summed E-state index contributed by atoms with van der Waals surface area (Å²) in [5.41, 5.74) is -0.395. The van der Waals surface area contributed by atoms with Crippen LogP contribution in [-0.4, -0.2) is 27.0 Å². The number of carbonyl (C=O) groups is 1. The number of amides is 1. The Kier molecular flexibility index (Phi) is 5.03. The summed E-state index contributed by atoms with van der Waals surface area (Å²) in [6.07, 6.45) is 0. The van der Waals surface area contributed by atoms with Gasteiger partial charge in [0.25, 0.3) is 0 Å². The predicted molar refractivity (Wildman–Crippen MR) is 83.7 cm³/mol. The van der Waals surface area contributed by atoms with E-state index >= 15 is 0 Å². The monoisotopic (exact) mass is 415 g/mol. The van der Waals surface area contributed by atoms with Gasteiger partial charge < -0.3 is 0 Å².